The molecule has 0 rings (SSSR count). The number of amides is 1. The van der Waals surface area contributed by atoms with Gasteiger partial charge in [-0.25, -0.2) is 4.79 Å². The Kier molecular flexibility index (Phi) is 6.16. The number of nitrogens with one attached hydrogen (secondary N) is 1. The van der Waals surface area contributed by atoms with Crippen molar-refractivity contribution in [1.29, 1.82) is 0 Å². The van der Waals surface area contributed by atoms with Crippen LogP contribution in [-0.2, 0) is 9.59 Å². The zero-order valence-corrected chi connectivity index (χ0v) is 11.1. The van der Waals surface area contributed by atoms with E-state index in [1.807, 2.05) is 20.8 Å². The second kappa shape index (κ2) is 6.59. The molecule has 5 heteroatoms. The van der Waals surface area contributed by atoms with E-state index in [-0.39, 0.29) is 23.8 Å². The molecule has 0 aliphatic heterocycles. The molecule has 17 heavy (non-hydrogen) atoms. The molecule has 0 saturated carbocycles. The van der Waals surface area contributed by atoms with E-state index in [1.165, 1.54) is 0 Å². The highest BCUT2D eigenvalue weighted by atomic mass is 16.4. The molecule has 0 bridgehead atoms. The van der Waals surface area contributed by atoms with E-state index in [0.717, 1.165) is 0 Å². The third-order valence-electron chi connectivity index (χ3n) is 2.54. The number of nitrogens with two attached hydrogens (primary N) is 1. The van der Waals surface area contributed by atoms with Gasteiger partial charge in [0, 0.05) is 6.54 Å². The molecule has 0 radical (unpaired) electrons. The van der Waals surface area contributed by atoms with Crippen LogP contribution in [-0.4, -0.2) is 29.6 Å². The van der Waals surface area contributed by atoms with Crippen LogP contribution in [0.2, 0.25) is 0 Å². The molecule has 5 nitrogen and oxygen atoms in total. The number of rotatable bonds is 6. The van der Waals surface area contributed by atoms with Crippen molar-refractivity contribution in [3.8, 4) is 0 Å². The summed E-state index contributed by atoms with van der Waals surface area (Å²) in [5, 5.41) is 11.4. The summed E-state index contributed by atoms with van der Waals surface area (Å²) >= 11 is 0. The van der Waals surface area contributed by atoms with Gasteiger partial charge in [0.2, 0.25) is 5.91 Å². The molecule has 1 amide bonds. The van der Waals surface area contributed by atoms with E-state index < -0.39 is 12.0 Å². The van der Waals surface area contributed by atoms with Crippen molar-refractivity contribution in [1.82, 2.24) is 5.32 Å². The van der Waals surface area contributed by atoms with Crippen LogP contribution in [0, 0.1) is 11.3 Å². The highest BCUT2D eigenvalue weighted by molar-refractivity contribution is 5.85. The van der Waals surface area contributed by atoms with Crippen LogP contribution in [0.1, 0.15) is 40.5 Å². The van der Waals surface area contributed by atoms with E-state index in [0.29, 0.717) is 12.8 Å². The van der Waals surface area contributed by atoms with Crippen LogP contribution in [0.15, 0.2) is 0 Å². The van der Waals surface area contributed by atoms with Crippen LogP contribution in [0.5, 0.6) is 0 Å². The van der Waals surface area contributed by atoms with E-state index in [9.17, 15) is 9.59 Å². The molecule has 0 aromatic heterocycles. The van der Waals surface area contributed by atoms with Crippen LogP contribution >= 0.6 is 0 Å². The number of carboxylic acids is 1. The lowest BCUT2D eigenvalue weighted by atomic mass is 9.84. The van der Waals surface area contributed by atoms with Crippen molar-refractivity contribution >= 4 is 11.9 Å². The van der Waals surface area contributed by atoms with Crippen LogP contribution in [0.25, 0.3) is 0 Å². The van der Waals surface area contributed by atoms with Gasteiger partial charge in [-0.3, -0.25) is 4.79 Å². The number of carboxylic acid groups (broad SMARTS) is 1. The first kappa shape index (κ1) is 15.9. The predicted octanol–water partition coefficient (Wildman–Crippen LogP) is 0.977. The summed E-state index contributed by atoms with van der Waals surface area (Å²) in [6.45, 7) is 8.03. The Bertz CT molecular complexity index is 271. The van der Waals surface area contributed by atoms with E-state index in [4.69, 9.17) is 10.8 Å². The fourth-order valence-electron chi connectivity index (χ4n) is 1.65. The normalized spacial score (nSPS) is 15.1. The van der Waals surface area contributed by atoms with E-state index >= 15 is 0 Å². The Hall–Kier alpha value is -1.10. The Morgan fingerprint density at radius 2 is 1.88 bits per heavy atom. The summed E-state index contributed by atoms with van der Waals surface area (Å²) in [7, 11) is 0. The number of aliphatic carboxylic acids is 1. The minimum absolute atomic E-state index is 0.00763. The molecule has 0 aromatic carbocycles. The van der Waals surface area contributed by atoms with Gasteiger partial charge >= 0.3 is 5.97 Å². The number of carbonyl (C=O) groups is 2. The smallest absolute Gasteiger partial charge is 0.326 e. The lowest BCUT2D eigenvalue weighted by molar-refractivity contribution is -0.142. The van der Waals surface area contributed by atoms with E-state index in [1.54, 1.807) is 6.92 Å². The molecule has 2 atom stereocenters. The molecule has 0 aromatic rings. The van der Waals surface area contributed by atoms with Gasteiger partial charge in [0.1, 0.15) is 6.04 Å². The standard InChI is InChI=1S/C12H24N2O3/c1-5-9(11(16)17)14-10(15)8(7-13)6-12(2,3)4/h8-9H,5-7,13H2,1-4H3,(H,14,15)(H,16,17)/t8?,9-/m0/s1. The van der Waals surface area contributed by atoms with Gasteiger partial charge in [-0.05, 0) is 18.3 Å². The molecular weight excluding hydrogens is 220 g/mol. The topological polar surface area (TPSA) is 92.4 Å². The van der Waals surface area contributed by atoms with Gasteiger partial charge < -0.3 is 16.2 Å². The van der Waals surface area contributed by atoms with Gasteiger partial charge in [-0.1, -0.05) is 27.7 Å². The molecule has 4 N–H and O–H groups in total. The van der Waals surface area contributed by atoms with Crippen LogP contribution < -0.4 is 11.1 Å². The van der Waals surface area contributed by atoms with Gasteiger partial charge in [0.05, 0.1) is 5.92 Å². The summed E-state index contributed by atoms with van der Waals surface area (Å²) in [5.74, 6) is -1.60. The van der Waals surface area contributed by atoms with Gasteiger partial charge in [0.25, 0.3) is 0 Å². The minimum Gasteiger partial charge on any atom is -0.480 e. The summed E-state index contributed by atoms with van der Waals surface area (Å²) in [4.78, 5) is 22.7. The largest absolute Gasteiger partial charge is 0.480 e. The molecule has 0 aliphatic rings. The van der Waals surface area contributed by atoms with Gasteiger partial charge in [-0.15, -0.1) is 0 Å². The summed E-state index contributed by atoms with van der Waals surface area (Å²) in [5.41, 5.74) is 5.56. The molecule has 1 unspecified atom stereocenters. The van der Waals surface area contributed by atoms with Crippen LogP contribution in [0.3, 0.4) is 0 Å². The SMILES string of the molecule is CC[C@H](NC(=O)C(CN)CC(C)(C)C)C(=O)O. The highest BCUT2D eigenvalue weighted by Gasteiger charge is 2.26. The lowest BCUT2D eigenvalue weighted by Gasteiger charge is -2.25. The molecular formula is C12H24N2O3. The molecule has 0 aliphatic carbocycles. The van der Waals surface area contributed by atoms with Gasteiger partial charge in [0.15, 0.2) is 0 Å². The highest BCUT2D eigenvalue weighted by Crippen LogP contribution is 2.24. The van der Waals surface area contributed by atoms with Crippen molar-refractivity contribution < 1.29 is 14.7 Å². The Balaban J connectivity index is 4.50. The average molecular weight is 244 g/mol. The second-order valence-electron chi connectivity index (χ2n) is 5.51. The zero-order valence-electron chi connectivity index (χ0n) is 11.1. The van der Waals surface area contributed by atoms with Crippen LogP contribution in [0.4, 0.5) is 0 Å². The van der Waals surface area contributed by atoms with E-state index in [2.05, 4.69) is 5.32 Å². The predicted molar refractivity (Wildman–Crippen MR) is 66.5 cm³/mol. The number of hydrogen-bond donors (Lipinski definition) is 3. The molecule has 0 spiro atoms. The van der Waals surface area contributed by atoms with Crippen molar-refractivity contribution in [2.75, 3.05) is 6.54 Å². The van der Waals surface area contributed by atoms with Crippen molar-refractivity contribution in [3.63, 3.8) is 0 Å². The third-order valence-corrected chi connectivity index (χ3v) is 2.54. The van der Waals surface area contributed by atoms with Gasteiger partial charge in [-0.2, -0.15) is 0 Å². The maximum absolute atomic E-state index is 11.9. The monoisotopic (exact) mass is 244 g/mol. The van der Waals surface area contributed by atoms with Crippen molar-refractivity contribution in [2.45, 2.75) is 46.6 Å². The first-order chi connectivity index (χ1) is 7.71. The Labute approximate surface area is 103 Å². The average Bonchev–Trinajstić information content (AvgIpc) is 2.20. The quantitative estimate of drug-likeness (QED) is 0.649. The number of hydrogen-bond acceptors (Lipinski definition) is 3. The zero-order chi connectivity index (χ0) is 13.6. The Morgan fingerprint density at radius 3 is 2.18 bits per heavy atom. The first-order valence-corrected chi connectivity index (χ1v) is 5.94. The second-order valence-corrected chi connectivity index (χ2v) is 5.51. The third kappa shape index (κ3) is 6.26. The fraction of sp³-hybridized carbons (Fsp3) is 0.833. The minimum atomic E-state index is -1.01. The molecule has 0 heterocycles. The van der Waals surface area contributed by atoms with Crippen molar-refractivity contribution in [2.24, 2.45) is 17.1 Å². The first-order valence-electron chi connectivity index (χ1n) is 5.94. The summed E-state index contributed by atoms with van der Waals surface area (Å²) in [6.07, 6.45) is 1.01. The maximum Gasteiger partial charge on any atom is 0.326 e. The number of carbonyl (C=O) groups excluding carboxylic acids is 1. The molecule has 0 saturated heterocycles. The van der Waals surface area contributed by atoms with Crippen molar-refractivity contribution in [3.05, 3.63) is 0 Å². The lowest BCUT2D eigenvalue weighted by Crippen LogP contribution is -2.45. The maximum atomic E-state index is 11.9. The molecule has 100 valence electrons. The fourth-order valence-corrected chi connectivity index (χ4v) is 1.65. The summed E-state index contributed by atoms with van der Waals surface area (Å²) < 4.78 is 0. The molecule has 0 fully saturated rings. The Morgan fingerprint density at radius 1 is 1.35 bits per heavy atom. The summed E-state index contributed by atoms with van der Waals surface area (Å²) in [6, 6.07) is -0.823.